The second-order valence-electron chi connectivity index (χ2n) is 5.65. The fraction of sp³-hybridized carbons (Fsp3) is 0.550. The summed E-state index contributed by atoms with van der Waals surface area (Å²) in [5, 5.41) is 17.3. The van der Waals surface area contributed by atoms with Gasteiger partial charge in [-0.1, -0.05) is 56.2 Å². The first-order valence-electron chi connectivity index (χ1n) is 8.89. The molecule has 136 valence electrons. The molecule has 0 aromatic carbocycles. The molecule has 24 heavy (non-hydrogen) atoms. The Balaban J connectivity index is 3.69. The van der Waals surface area contributed by atoms with Crippen molar-refractivity contribution in [1.29, 1.82) is 0 Å². The molecule has 0 aliphatic heterocycles. The van der Waals surface area contributed by atoms with Gasteiger partial charge in [0.1, 0.15) is 5.76 Å². The summed E-state index contributed by atoms with van der Waals surface area (Å²) in [6.45, 7) is 2.15. The second-order valence-corrected chi connectivity index (χ2v) is 5.65. The zero-order valence-electron chi connectivity index (χ0n) is 14.8. The van der Waals surface area contributed by atoms with Crippen molar-refractivity contribution in [2.45, 2.75) is 71.1 Å². The molecule has 0 aromatic rings. The molecule has 2 N–H and O–H groups in total. The number of hydrogen-bond donors (Lipinski definition) is 2. The van der Waals surface area contributed by atoms with Gasteiger partial charge in [0.15, 0.2) is 0 Å². The van der Waals surface area contributed by atoms with Crippen molar-refractivity contribution >= 4 is 5.97 Å². The second kappa shape index (κ2) is 17.5. The third-order valence-electron chi connectivity index (χ3n) is 3.43. The Bertz CT molecular complexity index is 419. The minimum atomic E-state index is -0.734. The lowest BCUT2D eigenvalue weighted by molar-refractivity contribution is -0.206. The fourth-order valence-electron chi connectivity index (χ4n) is 2.07. The van der Waals surface area contributed by atoms with E-state index in [4.69, 9.17) is 10.4 Å². The van der Waals surface area contributed by atoms with Crippen molar-refractivity contribution in [1.82, 2.24) is 0 Å². The number of rotatable bonds is 15. The maximum Gasteiger partial charge on any atom is 0.303 e. The SMILES string of the molecule is CCCCCC(=CCCC=CC=CCC=CCCCC(=O)O)OO. The summed E-state index contributed by atoms with van der Waals surface area (Å²) in [5.41, 5.74) is 0. The summed E-state index contributed by atoms with van der Waals surface area (Å²) in [6.07, 6.45) is 22.7. The van der Waals surface area contributed by atoms with Gasteiger partial charge in [-0.3, -0.25) is 4.79 Å². The third kappa shape index (κ3) is 16.6. The van der Waals surface area contributed by atoms with Crippen LogP contribution in [0.4, 0.5) is 0 Å². The topological polar surface area (TPSA) is 66.8 Å². The first-order chi connectivity index (χ1) is 11.7. The lowest BCUT2D eigenvalue weighted by atomic mass is 10.1. The molecule has 0 heterocycles. The molecule has 0 bridgehead atoms. The molecule has 0 radical (unpaired) electrons. The number of aliphatic carboxylic acids is 1. The number of unbranched alkanes of at least 4 members (excludes halogenated alkanes) is 4. The number of carboxylic acids is 1. The highest BCUT2D eigenvalue weighted by atomic mass is 17.1. The van der Waals surface area contributed by atoms with Gasteiger partial charge in [-0.05, 0) is 44.6 Å². The third-order valence-corrected chi connectivity index (χ3v) is 3.43. The highest BCUT2D eigenvalue weighted by molar-refractivity contribution is 5.66. The maximum absolute atomic E-state index is 10.3. The van der Waals surface area contributed by atoms with Gasteiger partial charge in [0.25, 0.3) is 0 Å². The van der Waals surface area contributed by atoms with E-state index in [9.17, 15) is 4.79 Å². The minimum absolute atomic E-state index is 0.235. The lowest BCUT2D eigenvalue weighted by Crippen LogP contribution is -1.92. The Morgan fingerprint density at radius 2 is 1.71 bits per heavy atom. The highest BCUT2D eigenvalue weighted by Gasteiger charge is 1.97. The highest BCUT2D eigenvalue weighted by Crippen LogP contribution is 2.11. The number of carboxylic acid groups (broad SMARTS) is 1. The van der Waals surface area contributed by atoms with E-state index in [2.05, 4.69) is 30.0 Å². The van der Waals surface area contributed by atoms with E-state index >= 15 is 0 Å². The quantitative estimate of drug-likeness (QED) is 0.0956. The van der Waals surface area contributed by atoms with Gasteiger partial charge >= 0.3 is 5.97 Å². The van der Waals surface area contributed by atoms with Crippen LogP contribution < -0.4 is 0 Å². The largest absolute Gasteiger partial charge is 0.481 e. The van der Waals surface area contributed by atoms with E-state index in [1.807, 2.05) is 24.3 Å². The molecule has 0 aliphatic carbocycles. The van der Waals surface area contributed by atoms with E-state index in [0.717, 1.165) is 51.4 Å². The van der Waals surface area contributed by atoms with Crippen LogP contribution in [0, 0.1) is 0 Å². The van der Waals surface area contributed by atoms with Gasteiger partial charge in [-0.15, -0.1) is 0 Å². The summed E-state index contributed by atoms with van der Waals surface area (Å²) in [4.78, 5) is 14.7. The van der Waals surface area contributed by atoms with E-state index in [1.54, 1.807) is 0 Å². The summed E-state index contributed by atoms with van der Waals surface area (Å²) < 4.78 is 0. The molecule has 0 atom stereocenters. The number of allylic oxidation sites excluding steroid dienone is 8. The molecule has 0 saturated carbocycles. The Labute approximate surface area is 146 Å². The minimum Gasteiger partial charge on any atom is -0.481 e. The average Bonchev–Trinajstić information content (AvgIpc) is 2.57. The molecule has 0 fully saturated rings. The Morgan fingerprint density at radius 3 is 2.42 bits per heavy atom. The molecule has 0 spiro atoms. The van der Waals surface area contributed by atoms with Crippen LogP contribution in [-0.4, -0.2) is 16.3 Å². The van der Waals surface area contributed by atoms with Crippen molar-refractivity contribution in [2.75, 3.05) is 0 Å². The Kier molecular flexibility index (Phi) is 16.2. The molecular weight excluding hydrogens is 304 g/mol. The molecule has 4 heteroatoms. The van der Waals surface area contributed by atoms with Gasteiger partial charge in [0, 0.05) is 12.8 Å². The van der Waals surface area contributed by atoms with Gasteiger partial charge in [-0.25, -0.2) is 5.26 Å². The van der Waals surface area contributed by atoms with Crippen LogP contribution in [0.5, 0.6) is 0 Å². The standard InChI is InChI=1S/C20H32O4/c1-2-3-13-16-19(24-23)17-14-11-9-7-5-4-6-8-10-12-15-18-20(21)22/h4-5,7-10,17,23H,2-3,6,11-16,18H2,1H3,(H,21,22). The van der Waals surface area contributed by atoms with Crippen molar-refractivity contribution in [2.24, 2.45) is 0 Å². The van der Waals surface area contributed by atoms with Crippen LogP contribution in [0.15, 0.2) is 48.3 Å². The van der Waals surface area contributed by atoms with E-state index in [1.165, 1.54) is 0 Å². The summed E-state index contributed by atoms with van der Waals surface area (Å²) in [6, 6.07) is 0. The van der Waals surface area contributed by atoms with Crippen molar-refractivity contribution in [3.05, 3.63) is 48.3 Å². The predicted octanol–water partition coefficient (Wildman–Crippen LogP) is 6.03. The molecule has 0 amide bonds. The van der Waals surface area contributed by atoms with E-state index in [0.29, 0.717) is 12.2 Å². The van der Waals surface area contributed by atoms with Crippen molar-refractivity contribution < 1.29 is 20.0 Å². The van der Waals surface area contributed by atoms with Crippen LogP contribution in [0.1, 0.15) is 71.1 Å². The van der Waals surface area contributed by atoms with Crippen LogP contribution in [0.25, 0.3) is 0 Å². The first kappa shape index (κ1) is 22.2. The smallest absolute Gasteiger partial charge is 0.303 e. The molecule has 0 aliphatic rings. The zero-order valence-corrected chi connectivity index (χ0v) is 14.8. The Hall–Kier alpha value is -1.81. The predicted molar refractivity (Wildman–Crippen MR) is 98.7 cm³/mol. The molecule has 0 rings (SSSR count). The number of hydrogen-bond acceptors (Lipinski definition) is 3. The maximum atomic E-state index is 10.3. The van der Waals surface area contributed by atoms with Gasteiger partial charge in [0.2, 0.25) is 0 Å². The summed E-state index contributed by atoms with van der Waals surface area (Å²) in [7, 11) is 0. The molecule has 0 aromatic heterocycles. The van der Waals surface area contributed by atoms with Crippen LogP contribution in [0.2, 0.25) is 0 Å². The molecule has 0 unspecified atom stereocenters. The first-order valence-corrected chi connectivity index (χ1v) is 8.89. The van der Waals surface area contributed by atoms with E-state index < -0.39 is 5.97 Å². The van der Waals surface area contributed by atoms with Crippen molar-refractivity contribution in [3.63, 3.8) is 0 Å². The monoisotopic (exact) mass is 336 g/mol. The van der Waals surface area contributed by atoms with E-state index in [-0.39, 0.29) is 6.42 Å². The normalized spacial score (nSPS) is 12.7. The molecule has 0 saturated heterocycles. The van der Waals surface area contributed by atoms with Crippen LogP contribution in [-0.2, 0) is 9.68 Å². The fourth-order valence-corrected chi connectivity index (χ4v) is 2.07. The van der Waals surface area contributed by atoms with Gasteiger partial charge in [-0.2, -0.15) is 0 Å². The van der Waals surface area contributed by atoms with Crippen molar-refractivity contribution in [3.8, 4) is 0 Å². The van der Waals surface area contributed by atoms with Crippen LogP contribution >= 0.6 is 0 Å². The Morgan fingerprint density at radius 1 is 0.917 bits per heavy atom. The average molecular weight is 336 g/mol. The molecule has 4 nitrogen and oxygen atoms in total. The lowest BCUT2D eigenvalue weighted by Gasteiger charge is -2.02. The molecular formula is C20H32O4. The summed E-state index contributed by atoms with van der Waals surface area (Å²) in [5.74, 6) is -0.0673. The van der Waals surface area contributed by atoms with Crippen LogP contribution in [0.3, 0.4) is 0 Å². The summed E-state index contributed by atoms with van der Waals surface area (Å²) >= 11 is 0. The van der Waals surface area contributed by atoms with Gasteiger partial charge in [0.05, 0.1) is 0 Å². The zero-order chi connectivity index (χ0) is 17.9. The number of carbonyl (C=O) groups is 1. The van der Waals surface area contributed by atoms with Gasteiger partial charge < -0.3 is 9.99 Å².